The summed E-state index contributed by atoms with van der Waals surface area (Å²) in [5.74, 6) is 0.534. The molecule has 0 aliphatic carbocycles. The van der Waals surface area contributed by atoms with Gasteiger partial charge in [0.1, 0.15) is 0 Å². The summed E-state index contributed by atoms with van der Waals surface area (Å²) in [6.07, 6.45) is 1.56. The van der Waals surface area contributed by atoms with Crippen LogP contribution in [0.25, 0.3) is 0 Å². The van der Waals surface area contributed by atoms with Crippen molar-refractivity contribution in [3.63, 3.8) is 0 Å². The van der Waals surface area contributed by atoms with E-state index in [0.717, 1.165) is 0 Å². The quantitative estimate of drug-likeness (QED) is 0.658. The first-order chi connectivity index (χ1) is 6.74. The van der Waals surface area contributed by atoms with Gasteiger partial charge in [-0.15, -0.1) is 0 Å². The SMILES string of the molecule is CN1CNc2ncn(CCO)c2C1=O. The Morgan fingerprint density at radius 3 is 3.21 bits per heavy atom. The average Bonchev–Trinajstić information content (AvgIpc) is 2.57. The number of amides is 1. The topological polar surface area (TPSA) is 70.4 Å². The summed E-state index contributed by atoms with van der Waals surface area (Å²) in [5.41, 5.74) is 0.521. The fraction of sp³-hybridized carbons (Fsp3) is 0.500. The third-order valence-electron chi connectivity index (χ3n) is 2.21. The van der Waals surface area contributed by atoms with Crippen LogP contribution in [0.4, 0.5) is 5.82 Å². The first-order valence-electron chi connectivity index (χ1n) is 4.39. The van der Waals surface area contributed by atoms with E-state index >= 15 is 0 Å². The van der Waals surface area contributed by atoms with Crippen LogP contribution in [-0.4, -0.2) is 45.8 Å². The number of nitrogens with zero attached hydrogens (tertiary/aromatic N) is 3. The van der Waals surface area contributed by atoms with Gasteiger partial charge in [0.05, 0.1) is 19.6 Å². The van der Waals surface area contributed by atoms with E-state index in [4.69, 9.17) is 5.11 Å². The molecule has 0 atom stereocenters. The molecule has 1 aliphatic heterocycles. The number of hydrogen-bond acceptors (Lipinski definition) is 4. The van der Waals surface area contributed by atoms with Gasteiger partial charge in [-0.05, 0) is 0 Å². The van der Waals surface area contributed by atoms with E-state index in [-0.39, 0.29) is 12.5 Å². The molecule has 2 N–H and O–H groups in total. The van der Waals surface area contributed by atoms with E-state index in [1.807, 2.05) is 0 Å². The molecule has 6 nitrogen and oxygen atoms in total. The number of anilines is 1. The maximum atomic E-state index is 11.7. The minimum atomic E-state index is -0.0651. The number of imidazole rings is 1. The molecule has 0 saturated heterocycles. The summed E-state index contributed by atoms with van der Waals surface area (Å²) in [7, 11) is 1.72. The molecule has 0 fully saturated rings. The first kappa shape index (κ1) is 9.01. The van der Waals surface area contributed by atoms with E-state index in [0.29, 0.717) is 24.7 Å². The summed E-state index contributed by atoms with van der Waals surface area (Å²) in [5, 5.41) is 11.8. The van der Waals surface area contributed by atoms with Crippen LogP contribution in [0.5, 0.6) is 0 Å². The minimum absolute atomic E-state index is 0.000204. The van der Waals surface area contributed by atoms with Crippen molar-refractivity contribution in [2.75, 3.05) is 25.6 Å². The maximum absolute atomic E-state index is 11.7. The monoisotopic (exact) mass is 196 g/mol. The van der Waals surface area contributed by atoms with Crippen LogP contribution in [0.1, 0.15) is 10.5 Å². The Labute approximate surface area is 81.2 Å². The molecule has 0 saturated carbocycles. The highest BCUT2D eigenvalue weighted by atomic mass is 16.3. The van der Waals surface area contributed by atoms with Crippen LogP contribution in [-0.2, 0) is 6.54 Å². The van der Waals surface area contributed by atoms with Gasteiger partial charge in [-0.2, -0.15) is 0 Å². The zero-order valence-corrected chi connectivity index (χ0v) is 7.90. The Morgan fingerprint density at radius 2 is 2.50 bits per heavy atom. The molecule has 1 aromatic rings. The molecule has 0 spiro atoms. The van der Waals surface area contributed by atoms with Gasteiger partial charge in [0.2, 0.25) is 0 Å². The number of carbonyl (C=O) groups is 1. The van der Waals surface area contributed by atoms with Gasteiger partial charge in [0.25, 0.3) is 5.91 Å². The van der Waals surface area contributed by atoms with Crippen LogP contribution < -0.4 is 5.32 Å². The highest BCUT2D eigenvalue weighted by Crippen LogP contribution is 2.19. The molecule has 0 aromatic carbocycles. The van der Waals surface area contributed by atoms with Crippen molar-refractivity contribution in [1.82, 2.24) is 14.5 Å². The second kappa shape index (κ2) is 3.30. The Hall–Kier alpha value is -1.56. The fourth-order valence-corrected chi connectivity index (χ4v) is 1.46. The molecule has 1 amide bonds. The third-order valence-corrected chi connectivity index (χ3v) is 2.21. The molecule has 1 aliphatic rings. The second-order valence-corrected chi connectivity index (χ2v) is 3.20. The number of aliphatic hydroxyl groups excluding tert-OH is 1. The molecule has 2 rings (SSSR count). The van der Waals surface area contributed by atoms with Crippen molar-refractivity contribution >= 4 is 11.7 Å². The molecule has 0 unspecified atom stereocenters. The molecule has 6 heteroatoms. The maximum Gasteiger partial charge on any atom is 0.275 e. The van der Waals surface area contributed by atoms with Crippen molar-refractivity contribution in [3.8, 4) is 0 Å². The fourth-order valence-electron chi connectivity index (χ4n) is 1.46. The molecule has 0 radical (unpaired) electrons. The molecule has 2 heterocycles. The van der Waals surface area contributed by atoms with Gasteiger partial charge in [0, 0.05) is 13.6 Å². The first-order valence-corrected chi connectivity index (χ1v) is 4.39. The van der Waals surface area contributed by atoms with Crippen LogP contribution in [0, 0.1) is 0 Å². The van der Waals surface area contributed by atoms with Gasteiger partial charge in [-0.3, -0.25) is 4.79 Å². The predicted molar refractivity (Wildman–Crippen MR) is 49.9 cm³/mol. The zero-order chi connectivity index (χ0) is 10.1. The molecular weight excluding hydrogens is 184 g/mol. The highest BCUT2D eigenvalue weighted by molar-refractivity contribution is 5.98. The normalized spacial score (nSPS) is 15.3. The Balaban J connectivity index is 2.39. The number of hydrogen-bond donors (Lipinski definition) is 2. The number of nitrogens with one attached hydrogen (secondary N) is 1. The van der Waals surface area contributed by atoms with Crippen molar-refractivity contribution in [3.05, 3.63) is 12.0 Å². The average molecular weight is 196 g/mol. The highest BCUT2D eigenvalue weighted by Gasteiger charge is 2.25. The molecule has 76 valence electrons. The summed E-state index contributed by atoms with van der Waals surface area (Å²) in [6, 6.07) is 0. The van der Waals surface area contributed by atoms with E-state index in [1.165, 1.54) is 0 Å². The predicted octanol–water partition coefficient (Wildman–Crippen LogP) is -0.670. The number of rotatable bonds is 2. The number of fused-ring (bicyclic) bond motifs is 1. The van der Waals surface area contributed by atoms with E-state index in [1.54, 1.807) is 22.8 Å². The second-order valence-electron chi connectivity index (χ2n) is 3.20. The van der Waals surface area contributed by atoms with Gasteiger partial charge < -0.3 is 19.9 Å². The lowest BCUT2D eigenvalue weighted by molar-refractivity contribution is 0.0784. The number of aliphatic hydroxyl groups is 1. The third kappa shape index (κ3) is 1.24. The lowest BCUT2D eigenvalue weighted by atomic mass is 10.3. The number of aromatic nitrogens is 2. The Bertz CT molecular complexity index is 360. The van der Waals surface area contributed by atoms with Crippen LogP contribution in [0.15, 0.2) is 6.33 Å². The summed E-state index contributed by atoms with van der Waals surface area (Å²) < 4.78 is 1.65. The Kier molecular flexibility index (Phi) is 2.12. The molecule has 14 heavy (non-hydrogen) atoms. The van der Waals surface area contributed by atoms with E-state index < -0.39 is 0 Å². The Morgan fingerprint density at radius 1 is 1.71 bits per heavy atom. The lowest BCUT2D eigenvalue weighted by Crippen LogP contribution is -2.38. The molecular formula is C8H12N4O2. The number of carbonyl (C=O) groups excluding carboxylic acids is 1. The van der Waals surface area contributed by atoms with Crippen LogP contribution in [0.2, 0.25) is 0 Å². The van der Waals surface area contributed by atoms with Crippen molar-refractivity contribution < 1.29 is 9.90 Å². The minimum Gasteiger partial charge on any atom is -0.395 e. The van der Waals surface area contributed by atoms with Crippen molar-refractivity contribution in [2.24, 2.45) is 0 Å². The zero-order valence-electron chi connectivity index (χ0n) is 7.90. The van der Waals surface area contributed by atoms with Crippen LogP contribution in [0.3, 0.4) is 0 Å². The van der Waals surface area contributed by atoms with E-state index in [9.17, 15) is 4.79 Å². The van der Waals surface area contributed by atoms with Gasteiger partial charge in [-0.1, -0.05) is 0 Å². The van der Waals surface area contributed by atoms with Gasteiger partial charge in [0.15, 0.2) is 11.5 Å². The van der Waals surface area contributed by atoms with Crippen molar-refractivity contribution in [1.29, 1.82) is 0 Å². The largest absolute Gasteiger partial charge is 0.395 e. The lowest BCUT2D eigenvalue weighted by Gasteiger charge is -2.24. The van der Waals surface area contributed by atoms with Crippen molar-refractivity contribution in [2.45, 2.75) is 6.54 Å². The summed E-state index contributed by atoms with van der Waals surface area (Å²) in [6.45, 7) is 0.866. The summed E-state index contributed by atoms with van der Waals surface area (Å²) >= 11 is 0. The standard InChI is InChI=1S/C8H12N4O2/c1-11-4-9-7-6(8(11)14)12(2-3-13)5-10-7/h5,9,13H,2-4H2,1H3. The van der Waals surface area contributed by atoms with Gasteiger partial charge >= 0.3 is 0 Å². The smallest absolute Gasteiger partial charge is 0.275 e. The van der Waals surface area contributed by atoms with E-state index in [2.05, 4.69) is 10.3 Å². The molecule has 1 aromatic heterocycles. The summed E-state index contributed by atoms with van der Waals surface area (Å²) in [4.78, 5) is 17.3. The molecule has 0 bridgehead atoms. The van der Waals surface area contributed by atoms with Crippen LogP contribution >= 0.6 is 0 Å². The van der Waals surface area contributed by atoms with Gasteiger partial charge in [-0.25, -0.2) is 4.98 Å².